The van der Waals surface area contributed by atoms with Gasteiger partial charge in [-0.25, -0.2) is 0 Å². The van der Waals surface area contributed by atoms with Gasteiger partial charge in [-0.3, -0.25) is 0 Å². The van der Waals surface area contributed by atoms with Gasteiger partial charge >= 0.3 is 0 Å². The van der Waals surface area contributed by atoms with Gasteiger partial charge in [-0.15, -0.1) is 0 Å². The number of nitrogens with one attached hydrogen (secondary N) is 1. The molecule has 0 amide bonds. The van der Waals surface area contributed by atoms with Gasteiger partial charge in [0.25, 0.3) is 0 Å². The van der Waals surface area contributed by atoms with Gasteiger partial charge in [0.2, 0.25) is 0 Å². The number of hydrogen-bond donors (Lipinski definition) is 3. The van der Waals surface area contributed by atoms with Crippen molar-refractivity contribution in [3.63, 3.8) is 0 Å². The molecule has 0 spiro atoms. The maximum Gasteiger partial charge on any atom is 0.141 e. The van der Waals surface area contributed by atoms with Crippen molar-refractivity contribution < 1.29 is 5.21 Å². The molecule has 4 N–H and O–H groups in total. The van der Waals surface area contributed by atoms with E-state index in [1.807, 2.05) is 42.5 Å². The molecule has 1 aromatic heterocycles. The molecule has 1 unspecified atom stereocenters. The van der Waals surface area contributed by atoms with E-state index in [2.05, 4.69) is 20.7 Å². The smallest absolute Gasteiger partial charge is 0.141 e. The summed E-state index contributed by atoms with van der Waals surface area (Å²) in [4.78, 5) is 0. The SMILES string of the molecule is N/C(CC(NCc1cccnn1)c1ccccc1)=N/O. The van der Waals surface area contributed by atoms with Crippen LogP contribution in [0.2, 0.25) is 0 Å². The Morgan fingerprint density at radius 2 is 2.05 bits per heavy atom. The molecule has 104 valence electrons. The molecule has 6 nitrogen and oxygen atoms in total. The Labute approximate surface area is 117 Å². The van der Waals surface area contributed by atoms with Crippen LogP contribution >= 0.6 is 0 Å². The Bertz CT molecular complexity index is 544. The summed E-state index contributed by atoms with van der Waals surface area (Å²) in [6.07, 6.45) is 2.05. The van der Waals surface area contributed by atoms with Gasteiger partial charge in [-0.2, -0.15) is 10.2 Å². The third-order valence-corrected chi connectivity index (χ3v) is 2.90. The molecule has 6 heteroatoms. The van der Waals surface area contributed by atoms with Crippen molar-refractivity contribution in [2.45, 2.75) is 19.0 Å². The van der Waals surface area contributed by atoms with E-state index in [4.69, 9.17) is 10.9 Å². The van der Waals surface area contributed by atoms with E-state index in [-0.39, 0.29) is 11.9 Å². The molecule has 2 aromatic rings. The molecule has 20 heavy (non-hydrogen) atoms. The van der Waals surface area contributed by atoms with Crippen molar-refractivity contribution in [2.75, 3.05) is 0 Å². The van der Waals surface area contributed by atoms with Crippen LogP contribution in [0.4, 0.5) is 0 Å². The molecule has 1 aromatic carbocycles. The van der Waals surface area contributed by atoms with Crippen LogP contribution < -0.4 is 11.1 Å². The Kier molecular flexibility index (Phi) is 5.02. The van der Waals surface area contributed by atoms with Crippen molar-refractivity contribution in [1.29, 1.82) is 0 Å². The standard InChI is InChI=1S/C14H17N5O/c15-14(19-20)9-13(11-5-2-1-3-6-11)16-10-12-7-4-8-17-18-12/h1-8,13,16,20H,9-10H2,(H2,15,19). The number of oxime groups is 1. The van der Waals surface area contributed by atoms with Crippen LogP contribution in [-0.4, -0.2) is 21.2 Å². The van der Waals surface area contributed by atoms with Gasteiger partial charge in [0.15, 0.2) is 0 Å². The topological polar surface area (TPSA) is 96.4 Å². The molecule has 0 bridgehead atoms. The van der Waals surface area contributed by atoms with Crippen LogP contribution in [-0.2, 0) is 6.54 Å². The third-order valence-electron chi connectivity index (χ3n) is 2.90. The molecule has 0 saturated carbocycles. The predicted octanol–water partition coefficient (Wildman–Crippen LogP) is 1.44. The lowest BCUT2D eigenvalue weighted by molar-refractivity contribution is 0.315. The summed E-state index contributed by atoms with van der Waals surface area (Å²) < 4.78 is 0. The highest BCUT2D eigenvalue weighted by Crippen LogP contribution is 2.16. The third kappa shape index (κ3) is 4.03. The summed E-state index contributed by atoms with van der Waals surface area (Å²) in [6, 6.07) is 13.5. The quantitative estimate of drug-likeness (QED) is 0.320. The number of rotatable bonds is 6. The number of benzene rings is 1. The summed E-state index contributed by atoms with van der Waals surface area (Å²) in [5.41, 5.74) is 7.53. The molecule has 1 heterocycles. The number of hydrogen-bond acceptors (Lipinski definition) is 5. The van der Waals surface area contributed by atoms with Crippen LogP contribution in [0.5, 0.6) is 0 Å². The molecule has 0 aliphatic heterocycles. The van der Waals surface area contributed by atoms with Crippen molar-refractivity contribution in [2.24, 2.45) is 10.9 Å². The Balaban J connectivity index is 2.07. The van der Waals surface area contributed by atoms with Gasteiger partial charge in [-0.1, -0.05) is 35.5 Å². The lowest BCUT2D eigenvalue weighted by Gasteiger charge is -2.18. The maximum atomic E-state index is 8.73. The van der Waals surface area contributed by atoms with Crippen LogP contribution in [0.15, 0.2) is 53.8 Å². The molecular formula is C14H17N5O. The van der Waals surface area contributed by atoms with Gasteiger partial charge in [0.1, 0.15) is 5.84 Å². The van der Waals surface area contributed by atoms with Crippen molar-refractivity contribution in [3.05, 3.63) is 59.9 Å². The lowest BCUT2D eigenvalue weighted by Crippen LogP contribution is -2.27. The van der Waals surface area contributed by atoms with E-state index in [0.29, 0.717) is 13.0 Å². The zero-order chi connectivity index (χ0) is 14.2. The highest BCUT2D eigenvalue weighted by atomic mass is 16.4. The molecule has 0 fully saturated rings. The molecule has 0 aliphatic rings. The Morgan fingerprint density at radius 3 is 2.70 bits per heavy atom. The van der Waals surface area contributed by atoms with Gasteiger partial charge in [-0.05, 0) is 17.7 Å². The number of nitrogens with two attached hydrogens (primary N) is 1. The molecular weight excluding hydrogens is 254 g/mol. The summed E-state index contributed by atoms with van der Waals surface area (Å²) in [6.45, 7) is 0.562. The predicted molar refractivity (Wildman–Crippen MR) is 76.1 cm³/mol. The van der Waals surface area contributed by atoms with E-state index in [1.165, 1.54) is 0 Å². The van der Waals surface area contributed by atoms with Crippen LogP contribution in [0.3, 0.4) is 0 Å². The fraction of sp³-hybridized carbons (Fsp3) is 0.214. The monoisotopic (exact) mass is 271 g/mol. The second-order valence-electron chi connectivity index (χ2n) is 4.35. The first-order valence-corrected chi connectivity index (χ1v) is 6.31. The average Bonchev–Trinajstić information content (AvgIpc) is 2.53. The first-order valence-electron chi connectivity index (χ1n) is 6.31. The second-order valence-corrected chi connectivity index (χ2v) is 4.35. The van der Waals surface area contributed by atoms with Crippen molar-refractivity contribution in [3.8, 4) is 0 Å². The van der Waals surface area contributed by atoms with Crippen LogP contribution in [0.25, 0.3) is 0 Å². The van der Waals surface area contributed by atoms with E-state index >= 15 is 0 Å². The number of aromatic nitrogens is 2. The molecule has 0 aliphatic carbocycles. The first kappa shape index (κ1) is 14.0. The molecule has 2 rings (SSSR count). The van der Waals surface area contributed by atoms with Crippen LogP contribution in [0.1, 0.15) is 23.7 Å². The highest BCUT2D eigenvalue weighted by Gasteiger charge is 2.13. The normalized spacial score (nSPS) is 13.1. The molecule has 0 radical (unpaired) electrons. The first-order chi connectivity index (χ1) is 9.79. The van der Waals surface area contributed by atoms with Gasteiger partial charge < -0.3 is 16.3 Å². The summed E-state index contributed by atoms with van der Waals surface area (Å²) in [7, 11) is 0. The minimum Gasteiger partial charge on any atom is -0.409 e. The molecule has 0 saturated heterocycles. The van der Waals surface area contributed by atoms with Crippen LogP contribution in [0, 0.1) is 0 Å². The van der Waals surface area contributed by atoms with Crippen molar-refractivity contribution in [1.82, 2.24) is 15.5 Å². The Hall–Kier alpha value is -2.47. The summed E-state index contributed by atoms with van der Waals surface area (Å²) >= 11 is 0. The summed E-state index contributed by atoms with van der Waals surface area (Å²) in [5, 5.41) is 23.0. The maximum absolute atomic E-state index is 8.73. The average molecular weight is 271 g/mol. The van der Waals surface area contributed by atoms with E-state index in [1.54, 1.807) is 6.20 Å². The summed E-state index contributed by atoms with van der Waals surface area (Å²) in [5.74, 6) is 0.186. The van der Waals surface area contributed by atoms with Crippen molar-refractivity contribution >= 4 is 5.84 Å². The minimum atomic E-state index is -0.0471. The fourth-order valence-electron chi connectivity index (χ4n) is 1.90. The number of amidine groups is 1. The zero-order valence-corrected chi connectivity index (χ0v) is 11.0. The number of nitrogens with zero attached hydrogens (tertiary/aromatic N) is 3. The zero-order valence-electron chi connectivity index (χ0n) is 11.0. The van der Waals surface area contributed by atoms with Gasteiger partial charge in [0, 0.05) is 25.2 Å². The second kappa shape index (κ2) is 7.20. The minimum absolute atomic E-state index is 0.0471. The van der Waals surface area contributed by atoms with E-state index in [9.17, 15) is 0 Å². The fourth-order valence-corrected chi connectivity index (χ4v) is 1.90. The van der Waals surface area contributed by atoms with E-state index < -0.39 is 0 Å². The Morgan fingerprint density at radius 1 is 1.25 bits per heavy atom. The van der Waals surface area contributed by atoms with E-state index in [0.717, 1.165) is 11.3 Å². The molecule has 1 atom stereocenters. The lowest BCUT2D eigenvalue weighted by atomic mass is 10.0. The highest BCUT2D eigenvalue weighted by molar-refractivity contribution is 5.80. The largest absolute Gasteiger partial charge is 0.409 e. The van der Waals surface area contributed by atoms with Gasteiger partial charge in [0.05, 0.1) is 5.69 Å².